The summed E-state index contributed by atoms with van der Waals surface area (Å²) in [5.41, 5.74) is -3.84. The summed E-state index contributed by atoms with van der Waals surface area (Å²) < 4.78 is 54.2. The molecule has 31 heavy (non-hydrogen) atoms. The van der Waals surface area contributed by atoms with Crippen molar-refractivity contribution >= 4 is 11.6 Å². The third-order valence-corrected chi connectivity index (χ3v) is 8.74. The molecule has 5 rings (SSSR count). The van der Waals surface area contributed by atoms with E-state index in [0.29, 0.717) is 12.0 Å². The van der Waals surface area contributed by atoms with E-state index >= 15 is 0 Å². The summed E-state index contributed by atoms with van der Waals surface area (Å²) in [6, 6.07) is 0. The Balaban J connectivity index is 1.64. The summed E-state index contributed by atoms with van der Waals surface area (Å²) in [6.07, 6.45) is -0.546. The quantitative estimate of drug-likeness (QED) is 0.705. The fourth-order valence-corrected chi connectivity index (χ4v) is 7.44. The zero-order valence-corrected chi connectivity index (χ0v) is 18.2. The first-order chi connectivity index (χ1) is 16.5. The van der Waals surface area contributed by atoms with E-state index in [1.807, 2.05) is 13.8 Å². The van der Waals surface area contributed by atoms with Crippen molar-refractivity contribution in [3.63, 3.8) is 0 Å². The predicted molar refractivity (Wildman–Crippen MR) is 113 cm³/mol. The minimum Gasteiger partial charge on any atom is -0.393 e. The highest BCUT2D eigenvalue weighted by atomic mass is 16.7. The van der Waals surface area contributed by atoms with Crippen LogP contribution in [0.4, 0.5) is 0 Å². The van der Waals surface area contributed by atoms with Gasteiger partial charge in [-0.3, -0.25) is 9.59 Å². The van der Waals surface area contributed by atoms with E-state index in [2.05, 4.69) is 0 Å². The minimum atomic E-state index is -3.26. The number of fused-ring (bicyclic) bond motifs is 7. The van der Waals surface area contributed by atoms with Crippen LogP contribution in [-0.2, 0) is 19.1 Å². The molecular weight excluding hydrogens is 396 g/mol. The standard InChI is InChI=1S/C25H34O6/c1-4-5-21-30-20-11-17-16-7-6-14-10-15(27)8-9-23(14,2)22(16)18(28)12-24(17,3)25(20,31-21)19(29)13-26/h8-10,16-18,20-22,26,28H,4-7,11-13H2,1-3H3/t16-,17-,18-,20+,21?,22+,23-,24-,25+/m0/s1/i6D2,13D2,21D. The number of Topliss-reactive ketones (excluding diaryl/α,β-unsaturated/α-hetero) is 1. The number of hydrogen-bond acceptors (Lipinski definition) is 6. The van der Waals surface area contributed by atoms with Gasteiger partial charge in [0.25, 0.3) is 0 Å². The number of ether oxygens (including phenoxy) is 2. The smallest absolute Gasteiger partial charge is 0.193 e. The van der Waals surface area contributed by atoms with E-state index in [0.717, 1.165) is 0 Å². The molecule has 1 heterocycles. The third-order valence-electron chi connectivity index (χ3n) is 8.74. The van der Waals surface area contributed by atoms with Crippen LogP contribution >= 0.6 is 0 Å². The van der Waals surface area contributed by atoms with Gasteiger partial charge in [-0.15, -0.1) is 0 Å². The van der Waals surface area contributed by atoms with Gasteiger partial charge in [-0.25, -0.2) is 0 Å². The van der Waals surface area contributed by atoms with Crippen molar-refractivity contribution in [1.82, 2.24) is 0 Å². The number of aliphatic hydroxyl groups is 2. The lowest BCUT2D eigenvalue weighted by Crippen LogP contribution is -2.63. The lowest BCUT2D eigenvalue weighted by atomic mass is 9.46. The van der Waals surface area contributed by atoms with Gasteiger partial charge in [-0.05, 0) is 56.0 Å². The van der Waals surface area contributed by atoms with Crippen molar-refractivity contribution in [1.29, 1.82) is 0 Å². The summed E-state index contributed by atoms with van der Waals surface area (Å²) in [4.78, 5) is 25.8. The molecule has 0 radical (unpaired) electrons. The van der Waals surface area contributed by atoms with Crippen LogP contribution in [0.15, 0.2) is 23.8 Å². The third kappa shape index (κ3) is 2.65. The maximum atomic E-state index is 13.6. The number of aliphatic hydroxyl groups excluding tert-OH is 1. The molecular formula is C25H34O6. The highest BCUT2D eigenvalue weighted by Gasteiger charge is 2.75. The summed E-state index contributed by atoms with van der Waals surface area (Å²) >= 11 is 0. The van der Waals surface area contributed by atoms with Gasteiger partial charge in [0.05, 0.1) is 16.3 Å². The highest BCUT2D eigenvalue weighted by Crippen LogP contribution is 2.69. The van der Waals surface area contributed by atoms with Gasteiger partial charge in [0.2, 0.25) is 0 Å². The van der Waals surface area contributed by atoms with E-state index in [1.54, 1.807) is 13.0 Å². The van der Waals surface area contributed by atoms with Crippen LogP contribution in [0.3, 0.4) is 0 Å². The van der Waals surface area contributed by atoms with Crippen molar-refractivity contribution in [3.05, 3.63) is 23.8 Å². The Bertz CT molecular complexity index is 1070. The molecule has 5 aliphatic rings. The molecule has 1 unspecified atom stereocenters. The Hall–Kier alpha value is -1.34. The van der Waals surface area contributed by atoms with E-state index < -0.39 is 71.4 Å². The van der Waals surface area contributed by atoms with Crippen LogP contribution in [-0.4, -0.2) is 52.4 Å². The number of carbonyl (C=O) groups is 2. The van der Waals surface area contributed by atoms with E-state index in [1.165, 1.54) is 12.2 Å². The average Bonchev–Trinajstić information content (AvgIpc) is 3.15. The Morgan fingerprint density at radius 1 is 1.45 bits per heavy atom. The minimum absolute atomic E-state index is 0.00150. The lowest BCUT2D eigenvalue weighted by Gasteiger charge is -2.59. The second kappa shape index (κ2) is 7.08. The second-order valence-corrected chi connectivity index (χ2v) is 10.2. The number of rotatable bonds is 4. The van der Waals surface area contributed by atoms with Crippen molar-refractivity contribution in [2.75, 3.05) is 6.56 Å². The Kier molecular flexibility index (Phi) is 3.72. The zero-order valence-electron chi connectivity index (χ0n) is 23.2. The molecule has 170 valence electrons. The summed E-state index contributed by atoms with van der Waals surface area (Å²) in [5.74, 6) is -2.85. The fraction of sp³-hybridized carbons (Fsp3) is 0.760. The van der Waals surface area contributed by atoms with Crippen LogP contribution in [0.2, 0.25) is 0 Å². The topological polar surface area (TPSA) is 93.1 Å². The molecule has 0 aromatic rings. The summed E-state index contributed by atoms with van der Waals surface area (Å²) in [7, 11) is 0. The predicted octanol–water partition coefficient (Wildman–Crippen LogP) is 2.72. The molecule has 0 spiro atoms. The SMILES string of the molecule is [2H]C1(CCC)O[C@@H]2C[C@H]3[C@@H]4CC([2H])([2H])C5=CC(=O)C=C[C@]5(C)[C@H]4[C@@H](O)C[C@]3(C)[C@]2(C(=O)C([2H])([2H])O)O1. The first-order valence-corrected chi connectivity index (χ1v) is 11.2. The molecule has 3 saturated carbocycles. The first-order valence-electron chi connectivity index (χ1n) is 13.7. The first kappa shape index (κ1) is 16.3. The number of allylic oxidation sites excluding steroid dienone is 4. The Labute approximate surface area is 190 Å². The Morgan fingerprint density at radius 2 is 2.23 bits per heavy atom. The fourth-order valence-electron chi connectivity index (χ4n) is 7.44. The van der Waals surface area contributed by atoms with Crippen molar-refractivity contribution in [3.8, 4) is 0 Å². The van der Waals surface area contributed by atoms with E-state index in [9.17, 15) is 19.8 Å². The maximum Gasteiger partial charge on any atom is 0.193 e. The summed E-state index contributed by atoms with van der Waals surface area (Å²) in [5, 5.41) is 21.8. The molecule has 6 nitrogen and oxygen atoms in total. The number of hydrogen-bond donors (Lipinski definition) is 2. The highest BCUT2D eigenvalue weighted by molar-refractivity contribution is 6.01. The normalized spacial score (nSPS) is 57.2. The van der Waals surface area contributed by atoms with Crippen LogP contribution in [0.5, 0.6) is 0 Å². The number of ketones is 2. The Morgan fingerprint density at radius 3 is 2.94 bits per heavy atom. The zero-order chi connectivity index (χ0) is 26.7. The van der Waals surface area contributed by atoms with Gasteiger partial charge in [-0.2, -0.15) is 0 Å². The van der Waals surface area contributed by atoms with E-state index in [-0.39, 0.29) is 31.5 Å². The van der Waals surface area contributed by atoms with Crippen molar-refractivity contribution < 1.29 is 36.1 Å². The van der Waals surface area contributed by atoms with Gasteiger partial charge >= 0.3 is 0 Å². The van der Waals surface area contributed by atoms with Crippen LogP contribution in [0.1, 0.15) is 66.1 Å². The van der Waals surface area contributed by atoms with Crippen LogP contribution in [0, 0.1) is 28.6 Å². The van der Waals surface area contributed by atoms with Gasteiger partial charge < -0.3 is 19.7 Å². The lowest BCUT2D eigenvalue weighted by molar-refractivity contribution is -0.200. The second-order valence-electron chi connectivity index (χ2n) is 10.2. The average molecular weight is 436 g/mol. The molecule has 1 aliphatic heterocycles. The molecule has 2 N–H and O–H groups in total. The maximum absolute atomic E-state index is 13.6. The van der Waals surface area contributed by atoms with Crippen LogP contribution < -0.4 is 0 Å². The molecule has 0 bridgehead atoms. The molecule has 4 fully saturated rings. The van der Waals surface area contributed by atoms with Gasteiger partial charge in [0, 0.05) is 19.5 Å². The van der Waals surface area contributed by atoms with E-state index in [4.69, 9.17) is 16.3 Å². The van der Waals surface area contributed by atoms with Crippen molar-refractivity contribution in [2.45, 2.75) is 83.3 Å². The molecule has 0 amide bonds. The monoisotopic (exact) mass is 435 g/mol. The van der Waals surface area contributed by atoms with Gasteiger partial charge in [0.15, 0.2) is 23.4 Å². The largest absolute Gasteiger partial charge is 0.393 e. The molecule has 6 heteroatoms. The van der Waals surface area contributed by atoms with Crippen LogP contribution in [0.25, 0.3) is 0 Å². The summed E-state index contributed by atoms with van der Waals surface area (Å²) in [6.45, 7) is 2.11. The molecule has 1 saturated heterocycles. The van der Waals surface area contributed by atoms with Gasteiger partial charge in [0.1, 0.15) is 6.56 Å². The molecule has 9 atom stereocenters. The molecule has 4 aliphatic carbocycles. The molecule has 0 aromatic heterocycles. The van der Waals surface area contributed by atoms with Gasteiger partial charge in [-0.1, -0.05) is 38.8 Å². The molecule has 0 aromatic carbocycles. The van der Waals surface area contributed by atoms with Crippen molar-refractivity contribution in [2.24, 2.45) is 28.6 Å². The number of carbonyl (C=O) groups excluding carboxylic acids is 2.